The largest absolute Gasteiger partial charge is 0.493 e. The van der Waals surface area contributed by atoms with Crippen LogP contribution in [-0.2, 0) is 4.79 Å². The van der Waals surface area contributed by atoms with E-state index >= 15 is 0 Å². The summed E-state index contributed by atoms with van der Waals surface area (Å²) in [5, 5.41) is 9.04. The highest BCUT2D eigenvalue weighted by Crippen LogP contribution is 2.31. The highest BCUT2D eigenvalue weighted by Gasteiger charge is 2.23. The third-order valence-electron chi connectivity index (χ3n) is 3.01. The predicted molar refractivity (Wildman–Crippen MR) is 67.4 cm³/mol. The molecule has 0 saturated heterocycles. The maximum absolute atomic E-state index is 11.0. The number of carbonyl (C=O) groups is 1. The highest BCUT2D eigenvalue weighted by molar-refractivity contribution is 5.71. The van der Waals surface area contributed by atoms with Gasteiger partial charge in [-0.15, -0.1) is 0 Å². The van der Waals surface area contributed by atoms with Crippen molar-refractivity contribution in [1.29, 1.82) is 0 Å². The van der Waals surface area contributed by atoms with Crippen molar-refractivity contribution in [2.45, 2.75) is 33.1 Å². The first kappa shape index (κ1) is 13.6. The molecule has 0 aromatic heterocycles. The van der Waals surface area contributed by atoms with Gasteiger partial charge in [-0.1, -0.05) is 39.0 Å². The van der Waals surface area contributed by atoms with Gasteiger partial charge in [0.2, 0.25) is 0 Å². The first-order chi connectivity index (χ1) is 8.07. The van der Waals surface area contributed by atoms with Crippen LogP contribution in [0.25, 0.3) is 0 Å². The quantitative estimate of drug-likeness (QED) is 0.824. The maximum atomic E-state index is 11.0. The number of ether oxygens (including phenoxy) is 1. The van der Waals surface area contributed by atoms with E-state index < -0.39 is 11.9 Å². The second-order valence-corrected chi connectivity index (χ2v) is 4.30. The Morgan fingerprint density at radius 3 is 2.59 bits per heavy atom. The smallest absolute Gasteiger partial charge is 0.306 e. The first-order valence-corrected chi connectivity index (χ1v) is 6.02. The lowest BCUT2D eigenvalue weighted by molar-refractivity contribution is -0.141. The molecule has 17 heavy (non-hydrogen) atoms. The molecule has 1 aromatic carbocycles. The summed E-state index contributed by atoms with van der Waals surface area (Å²) in [5.74, 6) is -0.445. The lowest BCUT2D eigenvalue weighted by Crippen LogP contribution is -2.17. The van der Waals surface area contributed by atoms with Crippen LogP contribution in [0.15, 0.2) is 24.3 Å². The van der Waals surface area contributed by atoms with Crippen molar-refractivity contribution < 1.29 is 14.6 Å². The van der Waals surface area contributed by atoms with Gasteiger partial charge in [0.25, 0.3) is 0 Å². The van der Waals surface area contributed by atoms with Crippen LogP contribution in [0.1, 0.15) is 38.7 Å². The number of carboxylic acid groups (broad SMARTS) is 1. The number of carboxylic acids is 1. The molecule has 0 aliphatic heterocycles. The van der Waals surface area contributed by atoms with E-state index in [1.54, 1.807) is 6.92 Å². The van der Waals surface area contributed by atoms with Crippen LogP contribution in [0.3, 0.4) is 0 Å². The molecular formula is C14H20O3. The van der Waals surface area contributed by atoms with Crippen LogP contribution in [0.4, 0.5) is 0 Å². The monoisotopic (exact) mass is 236 g/mol. The van der Waals surface area contributed by atoms with Gasteiger partial charge in [-0.3, -0.25) is 4.79 Å². The molecule has 0 heterocycles. The van der Waals surface area contributed by atoms with Gasteiger partial charge >= 0.3 is 5.97 Å². The van der Waals surface area contributed by atoms with Gasteiger partial charge in [0.15, 0.2) is 0 Å². The van der Waals surface area contributed by atoms with Crippen molar-refractivity contribution >= 4 is 5.97 Å². The summed E-state index contributed by atoms with van der Waals surface area (Å²) < 4.78 is 5.64. The minimum Gasteiger partial charge on any atom is -0.493 e. The van der Waals surface area contributed by atoms with Crippen molar-refractivity contribution in [3.63, 3.8) is 0 Å². The molecule has 0 amide bonds. The minimum absolute atomic E-state index is 0.0550. The summed E-state index contributed by atoms with van der Waals surface area (Å²) in [6, 6.07) is 7.66. The summed E-state index contributed by atoms with van der Waals surface area (Å²) in [5.41, 5.74) is 0.968. The summed E-state index contributed by atoms with van der Waals surface area (Å²) in [6.45, 7) is 6.35. The normalized spacial score (nSPS) is 14.1. The molecule has 2 atom stereocenters. The Kier molecular flexibility index (Phi) is 5.01. The first-order valence-electron chi connectivity index (χ1n) is 6.02. The lowest BCUT2D eigenvalue weighted by atomic mass is 9.88. The molecule has 0 fully saturated rings. The van der Waals surface area contributed by atoms with Gasteiger partial charge in [0.1, 0.15) is 5.75 Å². The van der Waals surface area contributed by atoms with Gasteiger partial charge < -0.3 is 9.84 Å². The number of para-hydroxylation sites is 1. The fraction of sp³-hybridized carbons (Fsp3) is 0.500. The van der Waals surface area contributed by atoms with Gasteiger partial charge in [-0.2, -0.15) is 0 Å². The molecule has 0 aliphatic carbocycles. The SMILES string of the molecule is CCCOc1ccccc1C(C)C(C)C(=O)O. The second kappa shape index (κ2) is 6.28. The van der Waals surface area contributed by atoms with Crippen molar-refractivity contribution in [1.82, 2.24) is 0 Å². The number of hydrogen-bond acceptors (Lipinski definition) is 2. The Morgan fingerprint density at radius 1 is 1.35 bits per heavy atom. The van der Waals surface area contributed by atoms with Crippen LogP contribution in [0.2, 0.25) is 0 Å². The molecule has 1 N–H and O–H groups in total. The Balaban J connectivity index is 2.91. The molecule has 0 aliphatic rings. The standard InChI is InChI=1S/C14H20O3/c1-4-9-17-13-8-6-5-7-12(13)10(2)11(3)14(15)16/h5-8,10-11H,4,9H2,1-3H3,(H,15,16). The molecular weight excluding hydrogens is 216 g/mol. The summed E-state index contributed by atoms with van der Waals surface area (Å²) >= 11 is 0. The van der Waals surface area contributed by atoms with Gasteiger partial charge in [-0.05, 0) is 24.0 Å². The molecule has 1 aromatic rings. The summed E-state index contributed by atoms with van der Waals surface area (Å²) in [7, 11) is 0. The van der Waals surface area contributed by atoms with E-state index in [0.717, 1.165) is 17.7 Å². The molecule has 0 saturated carbocycles. The Hall–Kier alpha value is -1.51. The van der Waals surface area contributed by atoms with Crippen molar-refractivity contribution in [3.05, 3.63) is 29.8 Å². The number of aliphatic carboxylic acids is 1. The van der Waals surface area contributed by atoms with Gasteiger partial charge in [0, 0.05) is 0 Å². The molecule has 3 heteroatoms. The Morgan fingerprint density at radius 2 is 2.00 bits per heavy atom. The Bertz CT molecular complexity index is 373. The number of hydrogen-bond donors (Lipinski definition) is 1. The second-order valence-electron chi connectivity index (χ2n) is 4.30. The third kappa shape index (κ3) is 3.48. The third-order valence-corrected chi connectivity index (χ3v) is 3.01. The maximum Gasteiger partial charge on any atom is 0.306 e. The van der Waals surface area contributed by atoms with Crippen molar-refractivity contribution in [2.75, 3.05) is 6.61 Å². The predicted octanol–water partition coefficient (Wildman–Crippen LogP) is 3.30. The minimum atomic E-state index is -0.775. The molecule has 94 valence electrons. The molecule has 0 bridgehead atoms. The fourth-order valence-electron chi connectivity index (χ4n) is 1.68. The molecule has 0 spiro atoms. The zero-order chi connectivity index (χ0) is 12.8. The van der Waals surface area contributed by atoms with Crippen LogP contribution in [0.5, 0.6) is 5.75 Å². The highest BCUT2D eigenvalue weighted by atomic mass is 16.5. The van der Waals surface area contributed by atoms with E-state index in [0.29, 0.717) is 6.61 Å². The zero-order valence-corrected chi connectivity index (χ0v) is 10.6. The molecule has 0 radical (unpaired) electrons. The van der Waals surface area contributed by atoms with E-state index in [2.05, 4.69) is 0 Å². The average molecular weight is 236 g/mol. The molecule has 1 rings (SSSR count). The van der Waals surface area contributed by atoms with Crippen molar-refractivity contribution in [3.8, 4) is 5.75 Å². The van der Waals surface area contributed by atoms with Crippen molar-refractivity contribution in [2.24, 2.45) is 5.92 Å². The van der Waals surface area contributed by atoms with Crippen LogP contribution in [-0.4, -0.2) is 17.7 Å². The van der Waals surface area contributed by atoms with Gasteiger partial charge in [-0.25, -0.2) is 0 Å². The van der Waals surface area contributed by atoms with Crippen LogP contribution >= 0.6 is 0 Å². The lowest BCUT2D eigenvalue weighted by Gasteiger charge is -2.19. The van der Waals surface area contributed by atoms with E-state index in [-0.39, 0.29) is 5.92 Å². The molecule has 2 unspecified atom stereocenters. The van der Waals surface area contributed by atoms with Crippen LogP contribution < -0.4 is 4.74 Å². The average Bonchev–Trinajstić information content (AvgIpc) is 2.34. The zero-order valence-electron chi connectivity index (χ0n) is 10.6. The topological polar surface area (TPSA) is 46.5 Å². The van der Waals surface area contributed by atoms with E-state index in [9.17, 15) is 4.79 Å². The number of benzene rings is 1. The summed E-state index contributed by atoms with van der Waals surface area (Å²) in [4.78, 5) is 11.0. The Labute approximate surface area is 102 Å². The van der Waals surface area contributed by atoms with E-state index in [1.807, 2.05) is 38.1 Å². The fourth-order valence-corrected chi connectivity index (χ4v) is 1.68. The molecule has 3 nitrogen and oxygen atoms in total. The number of rotatable bonds is 6. The van der Waals surface area contributed by atoms with E-state index in [4.69, 9.17) is 9.84 Å². The van der Waals surface area contributed by atoms with Gasteiger partial charge in [0.05, 0.1) is 12.5 Å². The van der Waals surface area contributed by atoms with Crippen LogP contribution in [0, 0.1) is 5.92 Å². The van der Waals surface area contributed by atoms with E-state index in [1.165, 1.54) is 0 Å². The summed E-state index contributed by atoms with van der Waals surface area (Å²) in [6.07, 6.45) is 0.942.